The number of allylic oxidation sites excluding steroid dienone is 1. The molecule has 6 atom stereocenters. The van der Waals surface area contributed by atoms with Crippen molar-refractivity contribution in [2.75, 3.05) is 40.6 Å². The van der Waals surface area contributed by atoms with Gasteiger partial charge in [0.1, 0.15) is 30.4 Å². The van der Waals surface area contributed by atoms with E-state index in [-0.39, 0.29) is 49.6 Å². The van der Waals surface area contributed by atoms with E-state index >= 15 is 0 Å². The number of likely N-dealkylation sites (N-methyl/N-ethyl adjacent to an activating group) is 1. The number of rotatable bonds is 16. The number of ether oxygens (including phenoxy) is 4. The van der Waals surface area contributed by atoms with Gasteiger partial charge in [-0.15, -0.1) is 6.58 Å². The minimum atomic E-state index is -1.34. The number of unbranched alkanes of at least 4 members (excludes halogenated alkanes) is 2. The van der Waals surface area contributed by atoms with E-state index in [1.165, 1.54) is 0 Å². The van der Waals surface area contributed by atoms with Gasteiger partial charge in [0.2, 0.25) is 5.79 Å². The Balaban J connectivity index is 1.52. The summed E-state index contributed by atoms with van der Waals surface area (Å²) in [5, 5.41) is 26.5. The molecule has 55 heavy (non-hydrogen) atoms. The van der Waals surface area contributed by atoms with Gasteiger partial charge in [-0.1, -0.05) is 81.3 Å². The number of carbonyl (C=O) groups excluding carboxylic acids is 1. The van der Waals surface area contributed by atoms with Crippen LogP contribution in [0.25, 0.3) is 10.8 Å². The first-order valence-corrected chi connectivity index (χ1v) is 19.7. The van der Waals surface area contributed by atoms with Gasteiger partial charge in [-0.2, -0.15) is 0 Å². The van der Waals surface area contributed by atoms with Gasteiger partial charge in [-0.3, -0.25) is 0 Å². The molecule has 2 N–H and O–H groups in total. The maximum absolute atomic E-state index is 13.9. The minimum Gasteiger partial charge on any atom is -0.459 e. The SMILES string of the molecule is C=CCO[C@@]12Oc3ccc(Oc4ccc5ccccc5c4)cc3[C@H]3[C@H](CCCCO)[C@@H](CCCCO)C=C(C(=NOC)C[C@@H]1N(C)C(=O)OCC(C)(C)C)[C@H]32. The van der Waals surface area contributed by atoms with Crippen molar-refractivity contribution >= 4 is 22.6 Å². The molecule has 1 saturated carbocycles. The molecular formula is C45H58N2O8. The molecule has 10 heteroatoms. The average molecular weight is 755 g/mol. The Morgan fingerprint density at radius 1 is 1.00 bits per heavy atom. The molecule has 0 bridgehead atoms. The van der Waals surface area contributed by atoms with Crippen LogP contribution in [-0.4, -0.2) is 79.3 Å². The summed E-state index contributed by atoms with van der Waals surface area (Å²) in [5.74, 6) is 0.392. The normalized spacial score (nSPS) is 25.0. The number of benzene rings is 3. The zero-order valence-corrected chi connectivity index (χ0v) is 33.0. The van der Waals surface area contributed by atoms with Gasteiger partial charge in [-0.25, -0.2) is 4.79 Å². The molecule has 0 unspecified atom stereocenters. The Labute approximate surface area is 325 Å². The van der Waals surface area contributed by atoms with Crippen LogP contribution in [0.4, 0.5) is 4.79 Å². The smallest absolute Gasteiger partial charge is 0.410 e. The number of fused-ring (bicyclic) bond motifs is 3. The highest BCUT2D eigenvalue weighted by molar-refractivity contribution is 6.03. The second-order valence-electron chi connectivity index (χ2n) is 16.3. The van der Waals surface area contributed by atoms with Crippen LogP contribution in [0.15, 0.2) is 90.1 Å². The third kappa shape index (κ3) is 8.72. The number of oxime groups is 1. The van der Waals surface area contributed by atoms with Crippen LogP contribution >= 0.6 is 0 Å². The monoisotopic (exact) mass is 754 g/mol. The summed E-state index contributed by atoms with van der Waals surface area (Å²) in [6.07, 6.45) is 8.63. The zero-order valence-electron chi connectivity index (χ0n) is 33.0. The molecule has 0 aromatic heterocycles. The third-order valence-electron chi connectivity index (χ3n) is 11.2. The van der Waals surface area contributed by atoms with Gasteiger partial charge in [0.15, 0.2) is 0 Å². The molecule has 1 fully saturated rings. The second-order valence-corrected chi connectivity index (χ2v) is 16.3. The highest BCUT2D eigenvalue weighted by atomic mass is 16.7. The highest BCUT2D eigenvalue weighted by Gasteiger charge is 2.65. The number of hydrogen-bond acceptors (Lipinski definition) is 9. The highest BCUT2D eigenvalue weighted by Crippen LogP contribution is 2.62. The van der Waals surface area contributed by atoms with E-state index in [0.29, 0.717) is 30.8 Å². The van der Waals surface area contributed by atoms with Gasteiger partial charge in [0, 0.05) is 38.2 Å². The van der Waals surface area contributed by atoms with Crippen molar-refractivity contribution in [2.45, 2.75) is 83.5 Å². The predicted octanol–water partition coefficient (Wildman–Crippen LogP) is 9.01. The lowest BCUT2D eigenvalue weighted by Gasteiger charge is -2.59. The molecule has 0 spiro atoms. The summed E-state index contributed by atoms with van der Waals surface area (Å²) in [4.78, 5) is 21.0. The first-order chi connectivity index (χ1) is 26.5. The fourth-order valence-electron chi connectivity index (χ4n) is 8.78. The lowest BCUT2D eigenvalue weighted by Crippen LogP contribution is -2.69. The van der Waals surface area contributed by atoms with E-state index in [4.69, 9.17) is 23.8 Å². The van der Waals surface area contributed by atoms with Gasteiger partial charge >= 0.3 is 6.09 Å². The van der Waals surface area contributed by atoms with Crippen LogP contribution in [-0.2, 0) is 14.3 Å². The van der Waals surface area contributed by atoms with Crippen LogP contribution in [0, 0.1) is 23.2 Å². The Hall–Kier alpha value is -4.38. The van der Waals surface area contributed by atoms with E-state index < -0.39 is 23.8 Å². The molecule has 1 heterocycles. The molecule has 1 amide bonds. The molecule has 3 aliphatic rings. The second kappa shape index (κ2) is 17.6. The maximum Gasteiger partial charge on any atom is 0.410 e. The van der Waals surface area contributed by atoms with Crippen molar-refractivity contribution in [1.29, 1.82) is 0 Å². The quantitative estimate of drug-likeness (QED) is 0.0845. The van der Waals surface area contributed by atoms with Crippen LogP contribution in [0.3, 0.4) is 0 Å². The van der Waals surface area contributed by atoms with Crippen molar-refractivity contribution in [2.24, 2.45) is 28.3 Å². The van der Waals surface area contributed by atoms with E-state index in [1.807, 2.05) is 57.2 Å². The van der Waals surface area contributed by atoms with Crippen molar-refractivity contribution in [3.8, 4) is 17.2 Å². The lowest BCUT2D eigenvalue weighted by atomic mass is 9.55. The Morgan fingerprint density at radius 3 is 2.42 bits per heavy atom. The molecular weight excluding hydrogens is 697 g/mol. The van der Waals surface area contributed by atoms with Crippen LogP contribution in [0.5, 0.6) is 17.2 Å². The van der Waals surface area contributed by atoms with Crippen LogP contribution < -0.4 is 9.47 Å². The fourth-order valence-corrected chi connectivity index (χ4v) is 8.78. The van der Waals surface area contributed by atoms with Gasteiger partial charge in [0.25, 0.3) is 0 Å². The largest absolute Gasteiger partial charge is 0.459 e. The van der Waals surface area contributed by atoms with Crippen molar-refractivity contribution in [3.63, 3.8) is 0 Å². The fraction of sp³-hybridized carbons (Fsp3) is 0.511. The molecule has 296 valence electrons. The average Bonchev–Trinajstić information content (AvgIpc) is 3.17. The van der Waals surface area contributed by atoms with Crippen LogP contribution in [0.2, 0.25) is 0 Å². The van der Waals surface area contributed by atoms with E-state index in [9.17, 15) is 15.0 Å². The van der Waals surface area contributed by atoms with E-state index in [2.05, 4.69) is 42.1 Å². The van der Waals surface area contributed by atoms with Gasteiger partial charge in [0.05, 0.1) is 24.8 Å². The third-order valence-corrected chi connectivity index (χ3v) is 11.2. The summed E-state index contributed by atoms with van der Waals surface area (Å²) >= 11 is 0. The number of carbonyl (C=O) groups is 1. The number of aliphatic hydroxyl groups excluding tert-OH is 2. The topological polar surface area (TPSA) is 119 Å². The Bertz CT molecular complexity index is 1870. The van der Waals surface area contributed by atoms with E-state index in [0.717, 1.165) is 59.1 Å². The van der Waals surface area contributed by atoms with Gasteiger partial charge < -0.3 is 38.9 Å². The minimum absolute atomic E-state index is 0.102. The Kier molecular flexibility index (Phi) is 12.9. The van der Waals surface area contributed by atoms with Gasteiger partial charge in [-0.05, 0) is 89.6 Å². The summed E-state index contributed by atoms with van der Waals surface area (Å²) in [6.45, 7) is 10.7. The van der Waals surface area contributed by atoms with Crippen LogP contribution in [0.1, 0.15) is 77.2 Å². The summed E-state index contributed by atoms with van der Waals surface area (Å²) in [7, 11) is 3.28. The Morgan fingerprint density at radius 2 is 1.71 bits per heavy atom. The molecule has 0 saturated heterocycles. The number of aliphatic hydroxyl groups is 2. The molecule has 10 nitrogen and oxygen atoms in total. The number of amides is 1. The molecule has 0 radical (unpaired) electrons. The molecule has 2 aliphatic carbocycles. The molecule has 1 aliphatic heterocycles. The first-order valence-electron chi connectivity index (χ1n) is 19.7. The van der Waals surface area contributed by atoms with Crippen molar-refractivity contribution in [3.05, 3.63) is 90.5 Å². The van der Waals surface area contributed by atoms with E-state index in [1.54, 1.807) is 25.1 Å². The maximum atomic E-state index is 13.9. The first kappa shape index (κ1) is 40.3. The number of nitrogens with zero attached hydrogens (tertiary/aromatic N) is 2. The predicted molar refractivity (Wildman–Crippen MR) is 215 cm³/mol. The molecule has 3 aromatic carbocycles. The summed E-state index contributed by atoms with van der Waals surface area (Å²) in [6, 6.07) is 19.6. The molecule has 3 aromatic rings. The standard InChI is InChI=1S/C45H58N2O8/c1-7-24-53-45-40(47(5)43(50)52-29-44(2,3)4)28-38(46-51-6)36-26-32(16-10-12-22-48)35(17-11-13-23-49)41(42(36)45)37-27-34(20-21-39(37)55-45)54-33-19-18-30-14-8-9-15-31(30)25-33/h7-9,14-15,18-21,25-27,32,35,40-42,48-49H,1,10-13,16-17,22-24,28-29H2,2-6H3/t32-,35+,40-,41+,42+,45+/m0/s1. The zero-order chi connectivity index (χ0) is 39.2. The van der Waals surface area contributed by atoms with Crippen molar-refractivity contribution in [1.82, 2.24) is 4.90 Å². The van der Waals surface area contributed by atoms with Crippen molar-refractivity contribution < 1.29 is 38.8 Å². The summed E-state index contributed by atoms with van der Waals surface area (Å²) in [5.41, 5.74) is 2.46. The summed E-state index contributed by atoms with van der Waals surface area (Å²) < 4.78 is 26.6. The number of hydrogen-bond donors (Lipinski definition) is 2. The molecule has 6 rings (SSSR count). The lowest BCUT2D eigenvalue weighted by molar-refractivity contribution is -0.253.